The minimum atomic E-state index is -4.00. The highest BCUT2D eigenvalue weighted by Crippen LogP contribution is 2.48. The van der Waals surface area contributed by atoms with Gasteiger partial charge in [-0.05, 0) is 29.5 Å². The number of sulfonamides is 1. The fraction of sp³-hybridized carbons (Fsp3) is 0.545. The molecule has 5 N–H and O–H groups in total. The molecule has 13 nitrogen and oxygen atoms in total. The Morgan fingerprint density at radius 2 is 1.77 bits per heavy atom. The van der Waals surface area contributed by atoms with Crippen LogP contribution in [0.5, 0.6) is 0 Å². The molecule has 0 aliphatic carbocycles. The maximum Gasteiger partial charge on any atom is 0.352 e. The molecule has 14 heteroatoms. The van der Waals surface area contributed by atoms with Gasteiger partial charge in [-0.15, -0.1) is 0 Å². The van der Waals surface area contributed by atoms with Gasteiger partial charge in [-0.1, -0.05) is 31.2 Å². The number of quaternary nitrogens is 2. The van der Waals surface area contributed by atoms with Crippen molar-refractivity contribution in [2.75, 3.05) is 65.4 Å². The number of benzene rings is 2. The number of nitrogens with one attached hydrogen (secondary N) is 1. The van der Waals surface area contributed by atoms with E-state index in [9.17, 15) is 33.0 Å². The minimum absolute atomic E-state index is 0.0522. The second-order valence-corrected chi connectivity index (χ2v) is 16.2. The SMILES string of the molecule is C[C@@H](O)[C@H]1C(=O)N2C(C(=O)O)=C(CN3Cc4cccc5c(C[N+]67CC[N+](CC(=O)NCCN)(CC6)CC7)ccc(c45)S3(=O)=O)[C@H](C)[C@H]12. The third-order valence-corrected chi connectivity index (χ3v) is 13.4. The van der Waals surface area contributed by atoms with Crippen LogP contribution in [0.3, 0.4) is 0 Å². The zero-order valence-electron chi connectivity index (χ0n) is 26.9. The van der Waals surface area contributed by atoms with E-state index in [0.717, 1.165) is 76.7 Å². The van der Waals surface area contributed by atoms with E-state index in [0.29, 0.717) is 25.2 Å². The number of β-lactam (4-membered cyclic amide) rings is 1. The van der Waals surface area contributed by atoms with Gasteiger partial charge in [0.1, 0.15) is 51.5 Å². The highest BCUT2D eigenvalue weighted by Gasteiger charge is 2.60. The predicted octanol–water partition coefficient (Wildman–Crippen LogP) is -0.224. The number of carboxylic acid groups (broad SMARTS) is 1. The molecule has 252 valence electrons. The Morgan fingerprint density at radius 3 is 2.40 bits per heavy atom. The number of carboxylic acids is 1. The Labute approximate surface area is 274 Å². The molecule has 6 heterocycles. The Morgan fingerprint density at radius 1 is 1.09 bits per heavy atom. The topological polar surface area (TPSA) is 170 Å². The highest BCUT2D eigenvalue weighted by molar-refractivity contribution is 7.89. The van der Waals surface area contributed by atoms with E-state index in [-0.39, 0.29) is 29.6 Å². The molecule has 2 aromatic carbocycles. The highest BCUT2D eigenvalue weighted by atomic mass is 32.2. The molecular formula is C33H44N6O7S+2. The number of carbonyl (C=O) groups excluding carboxylic acids is 2. The van der Waals surface area contributed by atoms with E-state index < -0.39 is 45.9 Å². The summed E-state index contributed by atoms with van der Waals surface area (Å²) in [6.07, 6.45) is -0.937. The predicted molar refractivity (Wildman–Crippen MR) is 172 cm³/mol. The van der Waals surface area contributed by atoms with Crippen molar-refractivity contribution in [1.82, 2.24) is 14.5 Å². The summed E-state index contributed by atoms with van der Waals surface area (Å²) in [6.45, 7) is 11.1. The Bertz CT molecular complexity index is 1800. The first-order chi connectivity index (χ1) is 22.3. The number of aliphatic hydroxyl groups excluding tert-OH is 1. The molecule has 6 aliphatic rings. The summed E-state index contributed by atoms with van der Waals surface area (Å²) < 4.78 is 31.4. The number of piperazine rings is 3. The number of nitrogens with two attached hydrogens (primary N) is 1. The molecule has 2 bridgehead atoms. The van der Waals surface area contributed by atoms with Crippen molar-refractivity contribution >= 4 is 38.6 Å². The van der Waals surface area contributed by atoms with Gasteiger partial charge in [0.05, 0.1) is 23.0 Å². The first-order valence-electron chi connectivity index (χ1n) is 16.5. The maximum atomic E-state index is 14.2. The summed E-state index contributed by atoms with van der Waals surface area (Å²) in [5.41, 5.74) is 7.72. The fourth-order valence-corrected chi connectivity index (χ4v) is 10.6. The molecule has 2 amide bonds. The lowest BCUT2D eigenvalue weighted by Gasteiger charge is -2.55. The van der Waals surface area contributed by atoms with Gasteiger partial charge in [-0.3, -0.25) is 9.59 Å². The molecule has 0 radical (unpaired) electrons. The Balaban J connectivity index is 1.14. The Kier molecular flexibility index (Phi) is 7.77. The van der Waals surface area contributed by atoms with Crippen LogP contribution in [-0.2, 0) is 37.5 Å². The molecule has 0 aromatic heterocycles. The van der Waals surface area contributed by atoms with Crippen LogP contribution in [-0.4, -0.2) is 132 Å². The number of amides is 2. The largest absolute Gasteiger partial charge is 0.477 e. The van der Waals surface area contributed by atoms with E-state index in [2.05, 4.69) is 5.32 Å². The molecule has 6 aliphatic heterocycles. The molecule has 2 aromatic rings. The van der Waals surface area contributed by atoms with E-state index in [1.807, 2.05) is 24.3 Å². The summed E-state index contributed by atoms with van der Waals surface area (Å²) in [6, 6.07) is 8.99. The zero-order chi connectivity index (χ0) is 33.5. The number of aliphatic carboxylic acids is 1. The molecule has 47 heavy (non-hydrogen) atoms. The van der Waals surface area contributed by atoms with Crippen LogP contribution in [0.4, 0.5) is 0 Å². The van der Waals surface area contributed by atoms with E-state index in [1.54, 1.807) is 13.0 Å². The lowest BCUT2D eigenvalue weighted by atomic mass is 9.78. The second kappa shape index (κ2) is 11.3. The van der Waals surface area contributed by atoms with E-state index >= 15 is 0 Å². The zero-order valence-corrected chi connectivity index (χ0v) is 27.7. The van der Waals surface area contributed by atoms with Crippen molar-refractivity contribution in [3.05, 3.63) is 52.7 Å². The van der Waals surface area contributed by atoms with Crippen LogP contribution in [0.2, 0.25) is 0 Å². The molecule has 0 spiro atoms. The molecule has 0 saturated carbocycles. The van der Waals surface area contributed by atoms with Gasteiger partial charge in [0.25, 0.3) is 5.91 Å². The van der Waals surface area contributed by atoms with Crippen molar-refractivity contribution in [3.8, 4) is 0 Å². The average molecular weight is 669 g/mol. The van der Waals surface area contributed by atoms with Crippen LogP contribution in [0.1, 0.15) is 25.0 Å². The number of hydrogen-bond donors (Lipinski definition) is 4. The van der Waals surface area contributed by atoms with Crippen LogP contribution in [0, 0.1) is 11.8 Å². The monoisotopic (exact) mass is 668 g/mol. The normalized spacial score (nSPS) is 31.5. The number of carbonyl (C=O) groups is 3. The van der Waals surface area contributed by atoms with Crippen molar-refractivity contribution in [1.29, 1.82) is 0 Å². The van der Waals surface area contributed by atoms with Crippen LogP contribution in [0.25, 0.3) is 10.8 Å². The quantitative estimate of drug-likeness (QED) is 0.199. The van der Waals surface area contributed by atoms with Crippen LogP contribution >= 0.6 is 0 Å². The number of rotatable bonds is 10. The number of fused-ring (bicyclic) bond motifs is 4. The van der Waals surface area contributed by atoms with Crippen molar-refractivity contribution < 1.29 is 42.0 Å². The molecule has 4 atom stereocenters. The molecule has 4 saturated heterocycles. The second-order valence-electron chi connectivity index (χ2n) is 14.2. The molecular weight excluding hydrogens is 624 g/mol. The van der Waals surface area contributed by atoms with Gasteiger partial charge in [-0.2, -0.15) is 4.31 Å². The summed E-state index contributed by atoms with van der Waals surface area (Å²) in [4.78, 5) is 39.1. The van der Waals surface area contributed by atoms with Crippen molar-refractivity contribution in [2.45, 2.75) is 44.0 Å². The van der Waals surface area contributed by atoms with Crippen molar-refractivity contribution in [2.24, 2.45) is 17.6 Å². The first-order valence-corrected chi connectivity index (χ1v) is 17.9. The summed E-state index contributed by atoms with van der Waals surface area (Å²) in [5, 5.41) is 24.8. The molecule has 0 unspecified atom stereocenters. The first kappa shape index (κ1) is 32.2. The van der Waals surface area contributed by atoms with Crippen molar-refractivity contribution in [3.63, 3.8) is 0 Å². The van der Waals surface area contributed by atoms with Crippen LogP contribution < -0.4 is 11.1 Å². The average Bonchev–Trinajstić information content (AvgIpc) is 3.27. The van der Waals surface area contributed by atoms with E-state index in [1.165, 1.54) is 16.1 Å². The molecule has 8 rings (SSSR count). The Hall–Kier alpha value is -3.40. The van der Waals surface area contributed by atoms with Gasteiger partial charge < -0.3 is 35.1 Å². The third kappa shape index (κ3) is 4.99. The smallest absolute Gasteiger partial charge is 0.352 e. The maximum absolute atomic E-state index is 14.2. The number of aliphatic hydroxyl groups is 1. The van der Waals surface area contributed by atoms with Crippen LogP contribution in [0.15, 0.2) is 46.5 Å². The van der Waals surface area contributed by atoms with Gasteiger partial charge >= 0.3 is 5.97 Å². The molecule has 4 fully saturated rings. The lowest BCUT2D eigenvalue weighted by molar-refractivity contribution is -1.08. The summed E-state index contributed by atoms with van der Waals surface area (Å²) in [5.74, 6) is -2.81. The van der Waals surface area contributed by atoms with Gasteiger partial charge in [-0.25, -0.2) is 13.2 Å². The lowest BCUT2D eigenvalue weighted by Crippen LogP contribution is -2.75. The van der Waals surface area contributed by atoms with Gasteiger partial charge in [0.2, 0.25) is 15.9 Å². The van der Waals surface area contributed by atoms with E-state index in [4.69, 9.17) is 5.73 Å². The summed E-state index contributed by atoms with van der Waals surface area (Å²) in [7, 11) is -4.00. The third-order valence-electron chi connectivity index (χ3n) is 11.6. The number of nitrogens with zero attached hydrogens (tertiary/aromatic N) is 4. The van der Waals surface area contributed by atoms with Gasteiger partial charge in [0.15, 0.2) is 6.54 Å². The minimum Gasteiger partial charge on any atom is -0.477 e. The fourth-order valence-electron chi connectivity index (χ4n) is 8.94. The number of hydrogen-bond acceptors (Lipinski definition) is 7. The van der Waals surface area contributed by atoms with Gasteiger partial charge in [0, 0.05) is 43.0 Å². The summed E-state index contributed by atoms with van der Waals surface area (Å²) >= 11 is 0. The standard InChI is InChI=1S/C33H42N6O7S/c1-20-25(31(33(43)44)37-30(20)28(21(2)40)32(37)42)17-36-16-22-4-3-5-24-23(6-7-26(29(22)24)47(36,45)46)18-38-10-13-39(14-11-38,15-12-38)19-27(41)35-9-8-34/h3-7,20-21,28,30,40H,8-19,34H2,1-2H3/p+2/t20-,21+,28+,30+,38?,39?/m0/s1.